The van der Waals surface area contributed by atoms with E-state index in [-0.39, 0.29) is 6.04 Å². The summed E-state index contributed by atoms with van der Waals surface area (Å²) in [5, 5.41) is 3.43. The van der Waals surface area contributed by atoms with E-state index in [1.807, 2.05) is 43.3 Å². The lowest BCUT2D eigenvalue weighted by Gasteiger charge is -2.17. The van der Waals surface area contributed by atoms with Crippen LogP contribution in [-0.2, 0) is 13.1 Å². The van der Waals surface area contributed by atoms with Crippen LogP contribution in [-0.4, -0.2) is 25.0 Å². The first-order chi connectivity index (χ1) is 15.2. The van der Waals surface area contributed by atoms with Crippen molar-refractivity contribution in [1.29, 1.82) is 0 Å². The number of methoxy groups -OCH3 is 2. The van der Waals surface area contributed by atoms with E-state index >= 15 is 0 Å². The van der Waals surface area contributed by atoms with Gasteiger partial charge in [-0.1, -0.05) is 18.2 Å². The quantitative estimate of drug-likeness (QED) is 0.532. The highest BCUT2D eigenvalue weighted by Crippen LogP contribution is 2.31. The molecule has 0 aliphatic rings. The number of nitrogens with one attached hydrogen (secondary N) is 1. The first-order valence-electron chi connectivity index (χ1n) is 10.0. The molecular weight excluding hydrogens is 421 g/mol. The molecule has 0 saturated heterocycles. The van der Waals surface area contributed by atoms with Crippen molar-refractivity contribution in [2.45, 2.75) is 32.2 Å². The van der Waals surface area contributed by atoms with Crippen LogP contribution in [0.5, 0.6) is 11.5 Å². The number of alkyl halides is 3. The van der Waals surface area contributed by atoms with Crippen LogP contribution >= 0.6 is 0 Å². The predicted molar refractivity (Wildman–Crippen MR) is 117 cm³/mol. The molecule has 0 bridgehead atoms. The fraction of sp³-hybridized carbons (Fsp3) is 0.292. The predicted octanol–water partition coefficient (Wildman–Crippen LogP) is 4.95. The lowest BCUT2D eigenvalue weighted by atomic mass is 10.0. The van der Waals surface area contributed by atoms with Crippen LogP contribution in [0.4, 0.5) is 13.2 Å². The highest BCUT2D eigenvalue weighted by molar-refractivity contribution is 5.70. The SMILES string of the molecule is COc1cccc([C@@H](C)NCc2ccc(OC)c(-c3ccc(=O)n(CC(F)(F)F)c3)c2)c1. The zero-order chi connectivity index (χ0) is 23.3. The summed E-state index contributed by atoms with van der Waals surface area (Å²) in [6.45, 7) is 1.21. The molecule has 3 aromatic rings. The summed E-state index contributed by atoms with van der Waals surface area (Å²) >= 11 is 0. The van der Waals surface area contributed by atoms with E-state index in [1.54, 1.807) is 13.2 Å². The lowest BCUT2D eigenvalue weighted by Crippen LogP contribution is -2.27. The van der Waals surface area contributed by atoms with Crippen molar-refractivity contribution < 1.29 is 22.6 Å². The third kappa shape index (κ3) is 5.91. The van der Waals surface area contributed by atoms with Crippen molar-refractivity contribution in [3.63, 3.8) is 0 Å². The third-order valence-electron chi connectivity index (χ3n) is 5.11. The Kier molecular flexibility index (Phi) is 7.25. The molecule has 0 fully saturated rings. The van der Waals surface area contributed by atoms with Crippen molar-refractivity contribution in [3.8, 4) is 22.6 Å². The van der Waals surface area contributed by atoms with Crippen LogP contribution in [0.15, 0.2) is 65.6 Å². The van der Waals surface area contributed by atoms with Gasteiger partial charge in [0.1, 0.15) is 18.0 Å². The number of pyridine rings is 1. The molecule has 170 valence electrons. The first-order valence-corrected chi connectivity index (χ1v) is 10.0. The minimum Gasteiger partial charge on any atom is -0.497 e. The number of benzene rings is 2. The molecule has 3 rings (SSSR count). The van der Waals surface area contributed by atoms with Crippen molar-refractivity contribution >= 4 is 0 Å². The molecule has 0 radical (unpaired) electrons. The average molecular weight is 446 g/mol. The number of rotatable bonds is 8. The largest absolute Gasteiger partial charge is 0.497 e. The molecule has 5 nitrogen and oxygen atoms in total. The number of hydrogen-bond donors (Lipinski definition) is 1. The van der Waals surface area contributed by atoms with E-state index in [4.69, 9.17) is 9.47 Å². The van der Waals surface area contributed by atoms with Crippen molar-refractivity contribution in [2.75, 3.05) is 14.2 Å². The molecular formula is C24H25F3N2O3. The number of halogens is 3. The van der Waals surface area contributed by atoms with Gasteiger partial charge in [0.05, 0.1) is 14.2 Å². The van der Waals surface area contributed by atoms with Gasteiger partial charge in [-0.2, -0.15) is 13.2 Å². The van der Waals surface area contributed by atoms with Gasteiger partial charge in [0.25, 0.3) is 5.56 Å². The maximum Gasteiger partial charge on any atom is 0.406 e. The van der Waals surface area contributed by atoms with Gasteiger partial charge in [-0.05, 0) is 48.4 Å². The van der Waals surface area contributed by atoms with Gasteiger partial charge < -0.3 is 19.4 Å². The number of aromatic nitrogens is 1. The lowest BCUT2D eigenvalue weighted by molar-refractivity contribution is -0.141. The molecule has 2 aromatic carbocycles. The molecule has 1 atom stereocenters. The smallest absolute Gasteiger partial charge is 0.406 e. The first kappa shape index (κ1) is 23.4. The molecule has 8 heteroatoms. The van der Waals surface area contributed by atoms with Crippen LogP contribution in [0.2, 0.25) is 0 Å². The Morgan fingerprint density at radius 3 is 2.50 bits per heavy atom. The number of nitrogens with zero attached hydrogens (tertiary/aromatic N) is 1. The van der Waals surface area contributed by atoms with Gasteiger partial charge in [-0.15, -0.1) is 0 Å². The zero-order valence-electron chi connectivity index (χ0n) is 18.1. The zero-order valence-corrected chi connectivity index (χ0v) is 18.1. The Morgan fingerprint density at radius 1 is 1.03 bits per heavy atom. The minimum atomic E-state index is -4.49. The molecule has 0 aliphatic carbocycles. The van der Waals surface area contributed by atoms with E-state index in [0.29, 0.717) is 28.0 Å². The molecule has 0 saturated carbocycles. The molecule has 1 heterocycles. The normalized spacial score (nSPS) is 12.4. The summed E-state index contributed by atoms with van der Waals surface area (Å²) in [6, 6.07) is 16.0. The van der Waals surface area contributed by atoms with Crippen LogP contribution < -0.4 is 20.3 Å². The summed E-state index contributed by atoms with van der Waals surface area (Å²) in [5.74, 6) is 1.28. The van der Waals surface area contributed by atoms with Crippen LogP contribution in [0.25, 0.3) is 11.1 Å². The second kappa shape index (κ2) is 9.91. The van der Waals surface area contributed by atoms with E-state index in [9.17, 15) is 18.0 Å². The fourth-order valence-electron chi connectivity index (χ4n) is 3.40. The van der Waals surface area contributed by atoms with E-state index in [0.717, 1.165) is 22.9 Å². The van der Waals surface area contributed by atoms with Crippen LogP contribution in [0.3, 0.4) is 0 Å². The molecule has 0 unspecified atom stereocenters. The van der Waals surface area contributed by atoms with E-state index in [1.165, 1.54) is 19.4 Å². The molecule has 0 aliphatic heterocycles. The summed E-state index contributed by atoms with van der Waals surface area (Å²) in [7, 11) is 3.11. The summed E-state index contributed by atoms with van der Waals surface area (Å²) < 4.78 is 49.8. The van der Waals surface area contributed by atoms with Crippen molar-refractivity contribution in [2.24, 2.45) is 0 Å². The second-order valence-corrected chi connectivity index (χ2v) is 7.41. The van der Waals surface area contributed by atoms with Gasteiger partial charge in [0, 0.05) is 36.0 Å². The maximum absolute atomic E-state index is 12.8. The minimum absolute atomic E-state index is 0.0457. The Labute approximate surface area is 184 Å². The summed E-state index contributed by atoms with van der Waals surface area (Å²) in [4.78, 5) is 11.9. The molecule has 1 aromatic heterocycles. The van der Waals surface area contributed by atoms with Gasteiger partial charge in [0.15, 0.2) is 0 Å². The summed E-state index contributed by atoms with van der Waals surface area (Å²) in [6.07, 6.45) is -3.28. The number of ether oxygens (including phenoxy) is 2. The topological polar surface area (TPSA) is 52.5 Å². The molecule has 32 heavy (non-hydrogen) atoms. The highest BCUT2D eigenvalue weighted by atomic mass is 19.4. The second-order valence-electron chi connectivity index (χ2n) is 7.41. The Hall–Kier alpha value is -3.26. The van der Waals surface area contributed by atoms with Gasteiger partial charge in [-0.3, -0.25) is 4.79 Å². The monoisotopic (exact) mass is 446 g/mol. The Bertz CT molecular complexity index is 1130. The average Bonchev–Trinajstić information content (AvgIpc) is 2.78. The number of hydrogen-bond acceptors (Lipinski definition) is 4. The Morgan fingerprint density at radius 2 is 1.81 bits per heavy atom. The van der Waals surface area contributed by atoms with Crippen LogP contribution in [0.1, 0.15) is 24.1 Å². The summed E-state index contributed by atoms with van der Waals surface area (Å²) in [5.41, 5.74) is 2.35. The standard InChI is InChI=1S/C24H25F3N2O3/c1-16(18-5-4-6-20(12-18)31-2)28-13-17-7-9-22(32-3)21(11-17)19-8-10-23(30)29(14-19)15-24(25,26)27/h4-12,14,16,28H,13,15H2,1-3H3/t16-/m1/s1. The Balaban J connectivity index is 1.84. The van der Waals surface area contributed by atoms with Gasteiger partial charge in [-0.25, -0.2) is 0 Å². The van der Waals surface area contributed by atoms with Crippen LogP contribution in [0, 0.1) is 0 Å². The van der Waals surface area contributed by atoms with Crippen molar-refractivity contribution in [1.82, 2.24) is 9.88 Å². The van der Waals surface area contributed by atoms with Gasteiger partial charge in [0.2, 0.25) is 0 Å². The van der Waals surface area contributed by atoms with E-state index in [2.05, 4.69) is 5.32 Å². The highest BCUT2D eigenvalue weighted by Gasteiger charge is 2.28. The molecule has 0 spiro atoms. The van der Waals surface area contributed by atoms with Crippen molar-refractivity contribution in [3.05, 3.63) is 82.3 Å². The van der Waals surface area contributed by atoms with Gasteiger partial charge >= 0.3 is 6.18 Å². The van der Waals surface area contributed by atoms with E-state index < -0.39 is 18.3 Å². The fourth-order valence-corrected chi connectivity index (χ4v) is 3.40. The maximum atomic E-state index is 12.8. The molecule has 1 N–H and O–H groups in total. The third-order valence-corrected chi connectivity index (χ3v) is 5.11. The molecule has 0 amide bonds.